The zero-order chi connectivity index (χ0) is 11.1. The third-order valence-electron chi connectivity index (χ3n) is 2.43. The molecule has 0 saturated heterocycles. The molecule has 15 heavy (non-hydrogen) atoms. The highest BCUT2D eigenvalue weighted by molar-refractivity contribution is 5.28. The van der Waals surface area contributed by atoms with Gasteiger partial charge in [-0.1, -0.05) is 32.4 Å². The molecule has 0 bridgehead atoms. The largest absolute Gasteiger partial charge is 0.492 e. The number of benzene rings is 1. The van der Waals surface area contributed by atoms with Gasteiger partial charge in [-0.05, 0) is 30.5 Å². The highest BCUT2D eigenvalue weighted by Crippen LogP contribution is 2.14. The summed E-state index contributed by atoms with van der Waals surface area (Å²) in [7, 11) is 0. The Morgan fingerprint density at radius 2 is 2.13 bits per heavy atom. The van der Waals surface area contributed by atoms with Crippen LogP contribution < -0.4 is 10.5 Å². The van der Waals surface area contributed by atoms with Gasteiger partial charge in [-0.15, -0.1) is 0 Å². The summed E-state index contributed by atoms with van der Waals surface area (Å²) in [5, 5.41) is 0. The summed E-state index contributed by atoms with van der Waals surface area (Å²) in [6.07, 6.45) is 3.17. The van der Waals surface area contributed by atoms with Crippen LogP contribution in [-0.2, 0) is 6.42 Å². The molecule has 1 aromatic carbocycles. The van der Waals surface area contributed by atoms with Crippen molar-refractivity contribution in [1.82, 2.24) is 0 Å². The van der Waals surface area contributed by atoms with Crippen molar-refractivity contribution in [1.29, 1.82) is 0 Å². The van der Waals surface area contributed by atoms with Gasteiger partial charge in [0.15, 0.2) is 0 Å². The lowest BCUT2D eigenvalue weighted by molar-refractivity contribution is 0.281. The van der Waals surface area contributed by atoms with Gasteiger partial charge in [0.1, 0.15) is 12.4 Å². The van der Waals surface area contributed by atoms with Gasteiger partial charge in [-0.3, -0.25) is 0 Å². The highest BCUT2D eigenvalue weighted by atomic mass is 16.5. The van der Waals surface area contributed by atoms with Gasteiger partial charge in [0.05, 0.1) is 0 Å². The van der Waals surface area contributed by atoms with E-state index in [0.29, 0.717) is 6.61 Å². The maximum absolute atomic E-state index is 5.88. The van der Waals surface area contributed by atoms with Gasteiger partial charge >= 0.3 is 0 Å². The Bertz CT molecular complexity index is 286. The zero-order valence-electron chi connectivity index (χ0n) is 9.70. The molecule has 2 N–H and O–H groups in total. The lowest BCUT2D eigenvalue weighted by atomic mass is 10.1. The first-order chi connectivity index (χ1) is 7.26. The van der Waals surface area contributed by atoms with Crippen molar-refractivity contribution < 1.29 is 4.74 Å². The SMILES string of the molecule is CCCC(N)COc1cccc(CC)c1. The fourth-order valence-electron chi connectivity index (χ4n) is 1.51. The molecule has 2 heteroatoms. The first-order valence-electron chi connectivity index (χ1n) is 5.73. The van der Waals surface area contributed by atoms with Crippen LogP contribution in [0.25, 0.3) is 0 Å². The minimum Gasteiger partial charge on any atom is -0.492 e. The van der Waals surface area contributed by atoms with Gasteiger partial charge in [0.25, 0.3) is 0 Å². The van der Waals surface area contributed by atoms with Gasteiger partial charge in [0, 0.05) is 6.04 Å². The van der Waals surface area contributed by atoms with Crippen molar-refractivity contribution in [3.05, 3.63) is 29.8 Å². The predicted molar refractivity (Wildman–Crippen MR) is 64.2 cm³/mol. The van der Waals surface area contributed by atoms with Crippen LogP contribution in [0.3, 0.4) is 0 Å². The number of aryl methyl sites for hydroxylation is 1. The smallest absolute Gasteiger partial charge is 0.119 e. The van der Waals surface area contributed by atoms with Crippen LogP contribution in [0.4, 0.5) is 0 Å². The molecular weight excluding hydrogens is 186 g/mol. The van der Waals surface area contributed by atoms with E-state index in [9.17, 15) is 0 Å². The average Bonchev–Trinajstić information content (AvgIpc) is 2.27. The Balaban J connectivity index is 2.43. The standard InChI is InChI=1S/C13H21NO/c1-3-6-12(14)10-15-13-8-5-7-11(4-2)9-13/h5,7-9,12H,3-4,6,10,14H2,1-2H3. The van der Waals surface area contributed by atoms with E-state index in [-0.39, 0.29) is 6.04 Å². The summed E-state index contributed by atoms with van der Waals surface area (Å²) >= 11 is 0. The molecule has 0 heterocycles. The minimum absolute atomic E-state index is 0.153. The first kappa shape index (κ1) is 12.1. The molecule has 2 nitrogen and oxygen atoms in total. The van der Waals surface area contributed by atoms with Gasteiger partial charge < -0.3 is 10.5 Å². The van der Waals surface area contributed by atoms with Crippen molar-refractivity contribution >= 4 is 0 Å². The van der Waals surface area contributed by atoms with Crippen LogP contribution in [0.5, 0.6) is 5.75 Å². The van der Waals surface area contributed by atoms with E-state index in [1.54, 1.807) is 0 Å². The van der Waals surface area contributed by atoms with Crippen molar-refractivity contribution in [3.63, 3.8) is 0 Å². The molecule has 1 rings (SSSR count). The third kappa shape index (κ3) is 4.34. The predicted octanol–water partition coefficient (Wildman–Crippen LogP) is 2.76. The monoisotopic (exact) mass is 207 g/mol. The summed E-state index contributed by atoms with van der Waals surface area (Å²) in [4.78, 5) is 0. The van der Waals surface area contributed by atoms with Crippen LogP contribution in [0, 0.1) is 0 Å². The number of hydrogen-bond donors (Lipinski definition) is 1. The van der Waals surface area contributed by atoms with Crippen molar-refractivity contribution in [3.8, 4) is 5.75 Å². The van der Waals surface area contributed by atoms with E-state index in [1.165, 1.54) is 5.56 Å². The normalized spacial score (nSPS) is 12.5. The Kier molecular flexibility index (Phi) is 5.19. The van der Waals surface area contributed by atoms with Crippen molar-refractivity contribution in [2.75, 3.05) is 6.61 Å². The number of ether oxygens (including phenoxy) is 1. The van der Waals surface area contributed by atoms with Crippen LogP contribution in [0.15, 0.2) is 24.3 Å². The van der Waals surface area contributed by atoms with Crippen molar-refractivity contribution in [2.24, 2.45) is 5.73 Å². The Morgan fingerprint density at radius 1 is 1.33 bits per heavy atom. The molecule has 0 aliphatic rings. The van der Waals surface area contributed by atoms with E-state index < -0.39 is 0 Å². The number of rotatable bonds is 6. The summed E-state index contributed by atoms with van der Waals surface area (Å²) in [5.41, 5.74) is 7.18. The van der Waals surface area contributed by atoms with E-state index in [0.717, 1.165) is 25.0 Å². The second-order valence-electron chi connectivity index (χ2n) is 3.86. The molecule has 0 spiro atoms. The van der Waals surface area contributed by atoms with E-state index >= 15 is 0 Å². The molecule has 84 valence electrons. The maximum atomic E-state index is 5.88. The molecule has 0 fully saturated rings. The number of hydrogen-bond acceptors (Lipinski definition) is 2. The molecule has 1 aromatic rings. The Hall–Kier alpha value is -1.02. The fraction of sp³-hybridized carbons (Fsp3) is 0.538. The molecular formula is C13H21NO. The molecule has 0 amide bonds. The highest BCUT2D eigenvalue weighted by Gasteiger charge is 2.02. The molecule has 0 saturated carbocycles. The molecule has 1 atom stereocenters. The van der Waals surface area contributed by atoms with E-state index in [2.05, 4.69) is 26.0 Å². The molecule has 1 unspecified atom stereocenters. The van der Waals surface area contributed by atoms with Gasteiger partial charge in [-0.2, -0.15) is 0 Å². The van der Waals surface area contributed by atoms with E-state index in [1.807, 2.05) is 12.1 Å². The zero-order valence-corrected chi connectivity index (χ0v) is 9.70. The second-order valence-corrected chi connectivity index (χ2v) is 3.86. The Labute approximate surface area is 92.4 Å². The first-order valence-corrected chi connectivity index (χ1v) is 5.73. The molecule has 0 aromatic heterocycles. The molecule has 0 radical (unpaired) electrons. The summed E-state index contributed by atoms with van der Waals surface area (Å²) in [5.74, 6) is 0.931. The van der Waals surface area contributed by atoms with Crippen LogP contribution >= 0.6 is 0 Å². The van der Waals surface area contributed by atoms with Gasteiger partial charge in [0.2, 0.25) is 0 Å². The van der Waals surface area contributed by atoms with Crippen LogP contribution in [0.1, 0.15) is 32.3 Å². The van der Waals surface area contributed by atoms with Crippen molar-refractivity contribution in [2.45, 2.75) is 39.2 Å². The van der Waals surface area contributed by atoms with Gasteiger partial charge in [-0.25, -0.2) is 0 Å². The fourth-order valence-corrected chi connectivity index (χ4v) is 1.51. The Morgan fingerprint density at radius 3 is 2.80 bits per heavy atom. The summed E-state index contributed by atoms with van der Waals surface area (Å²) in [6, 6.07) is 8.36. The summed E-state index contributed by atoms with van der Waals surface area (Å²) in [6.45, 7) is 4.89. The van der Waals surface area contributed by atoms with Crippen LogP contribution in [-0.4, -0.2) is 12.6 Å². The number of nitrogens with two attached hydrogens (primary N) is 1. The molecule has 0 aliphatic heterocycles. The topological polar surface area (TPSA) is 35.2 Å². The van der Waals surface area contributed by atoms with E-state index in [4.69, 9.17) is 10.5 Å². The quantitative estimate of drug-likeness (QED) is 0.778. The lowest BCUT2D eigenvalue weighted by Gasteiger charge is -2.12. The van der Waals surface area contributed by atoms with Crippen LogP contribution in [0.2, 0.25) is 0 Å². The second kappa shape index (κ2) is 6.46. The maximum Gasteiger partial charge on any atom is 0.119 e. The third-order valence-corrected chi connectivity index (χ3v) is 2.43. The molecule has 0 aliphatic carbocycles. The summed E-state index contributed by atoms with van der Waals surface area (Å²) < 4.78 is 5.64. The average molecular weight is 207 g/mol. The lowest BCUT2D eigenvalue weighted by Crippen LogP contribution is -2.27. The minimum atomic E-state index is 0.153.